The molecule has 0 radical (unpaired) electrons. The number of aliphatic hydroxyl groups is 1. The van der Waals surface area contributed by atoms with E-state index in [1.165, 1.54) is 6.42 Å². The van der Waals surface area contributed by atoms with Crippen molar-refractivity contribution in [3.8, 4) is 0 Å². The average Bonchev–Trinajstić information content (AvgIpc) is 2.40. The Balaban J connectivity index is 0.00000147. The fraction of sp³-hybridized carbons (Fsp3) is 0.600. The SMILES string of the molecule is Cl.OC12CCCCC1C(c1cccc(Cl)c1Cl)NCC2. The number of hydrogen-bond donors (Lipinski definition) is 2. The molecule has 1 aromatic carbocycles. The Morgan fingerprint density at radius 1 is 1.20 bits per heavy atom. The van der Waals surface area contributed by atoms with E-state index < -0.39 is 5.60 Å². The van der Waals surface area contributed by atoms with Gasteiger partial charge in [-0.25, -0.2) is 0 Å². The molecule has 1 saturated heterocycles. The predicted octanol–water partition coefficient (Wildman–Crippen LogP) is 4.37. The van der Waals surface area contributed by atoms with Crippen molar-refractivity contribution in [1.82, 2.24) is 5.32 Å². The Hall–Kier alpha value is 0.01000. The second kappa shape index (κ2) is 6.41. The van der Waals surface area contributed by atoms with Gasteiger partial charge >= 0.3 is 0 Å². The normalized spacial score (nSPS) is 33.1. The van der Waals surface area contributed by atoms with Crippen LogP contribution in [0.1, 0.15) is 43.7 Å². The molecule has 0 amide bonds. The molecule has 0 bridgehead atoms. The lowest BCUT2D eigenvalue weighted by atomic mass is 9.67. The molecular formula is C15H20Cl3NO. The average molecular weight is 337 g/mol. The number of benzene rings is 1. The highest BCUT2D eigenvalue weighted by Gasteiger charge is 2.46. The van der Waals surface area contributed by atoms with Crippen molar-refractivity contribution in [3.63, 3.8) is 0 Å². The van der Waals surface area contributed by atoms with Crippen LogP contribution in [-0.2, 0) is 0 Å². The third-order valence-electron chi connectivity index (χ3n) is 4.71. The van der Waals surface area contributed by atoms with Crippen molar-refractivity contribution >= 4 is 35.6 Å². The monoisotopic (exact) mass is 335 g/mol. The highest BCUT2D eigenvalue weighted by atomic mass is 35.5. The molecule has 3 unspecified atom stereocenters. The number of hydrogen-bond acceptors (Lipinski definition) is 2. The maximum atomic E-state index is 10.9. The first-order valence-electron chi connectivity index (χ1n) is 7.01. The highest BCUT2D eigenvalue weighted by Crippen LogP contribution is 2.47. The van der Waals surface area contributed by atoms with Crippen LogP contribution < -0.4 is 5.32 Å². The third-order valence-corrected chi connectivity index (χ3v) is 5.54. The second-order valence-electron chi connectivity index (χ2n) is 5.78. The number of halogens is 3. The van der Waals surface area contributed by atoms with Crippen molar-refractivity contribution in [2.45, 2.75) is 43.7 Å². The van der Waals surface area contributed by atoms with Crippen LogP contribution >= 0.6 is 35.6 Å². The largest absolute Gasteiger partial charge is 0.389 e. The molecule has 1 heterocycles. The minimum Gasteiger partial charge on any atom is -0.389 e. The first-order chi connectivity index (χ1) is 9.12. The van der Waals surface area contributed by atoms with Gasteiger partial charge in [-0.1, -0.05) is 48.2 Å². The highest BCUT2D eigenvalue weighted by molar-refractivity contribution is 6.42. The topological polar surface area (TPSA) is 32.3 Å². The quantitative estimate of drug-likeness (QED) is 0.798. The molecule has 0 aromatic heterocycles. The van der Waals surface area contributed by atoms with Crippen LogP contribution in [0.25, 0.3) is 0 Å². The van der Waals surface area contributed by atoms with Crippen molar-refractivity contribution in [3.05, 3.63) is 33.8 Å². The second-order valence-corrected chi connectivity index (χ2v) is 6.57. The van der Waals surface area contributed by atoms with Crippen molar-refractivity contribution < 1.29 is 5.11 Å². The van der Waals surface area contributed by atoms with Gasteiger partial charge in [0.2, 0.25) is 0 Å². The number of piperidine rings is 1. The number of nitrogens with one attached hydrogen (secondary N) is 1. The van der Waals surface area contributed by atoms with E-state index in [-0.39, 0.29) is 24.4 Å². The van der Waals surface area contributed by atoms with Gasteiger partial charge in [-0.05, 0) is 37.4 Å². The van der Waals surface area contributed by atoms with Gasteiger partial charge in [-0.15, -0.1) is 12.4 Å². The molecule has 5 heteroatoms. The van der Waals surface area contributed by atoms with Crippen LogP contribution in [0.4, 0.5) is 0 Å². The Morgan fingerprint density at radius 3 is 2.80 bits per heavy atom. The molecule has 2 fully saturated rings. The first-order valence-corrected chi connectivity index (χ1v) is 7.77. The summed E-state index contributed by atoms with van der Waals surface area (Å²) in [4.78, 5) is 0. The van der Waals surface area contributed by atoms with Gasteiger partial charge in [0.25, 0.3) is 0 Å². The van der Waals surface area contributed by atoms with Crippen LogP contribution in [0.15, 0.2) is 18.2 Å². The summed E-state index contributed by atoms with van der Waals surface area (Å²) in [5.74, 6) is 0.242. The van der Waals surface area contributed by atoms with Crippen LogP contribution in [0.5, 0.6) is 0 Å². The molecule has 1 aliphatic carbocycles. The van der Waals surface area contributed by atoms with Crippen molar-refractivity contribution in [2.24, 2.45) is 5.92 Å². The van der Waals surface area contributed by atoms with Crippen molar-refractivity contribution in [2.75, 3.05) is 6.54 Å². The molecule has 20 heavy (non-hydrogen) atoms. The summed E-state index contributed by atoms with van der Waals surface area (Å²) in [6.07, 6.45) is 5.11. The zero-order valence-corrected chi connectivity index (χ0v) is 13.6. The van der Waals surface area contributed by atoms with E-state index >= 15 is 0 Å². The van der Waals surface area contributed by atoms with Gasteiger partial charge in [-0.2, -0.15) is 0 Å². The Kier molecular flexibility index (Phi) is 5.25. The van der Waals surface area contributed by atoms with Gasteiger partial charge in [0, 0.05) is 12.0 Å². The van der Waals surface area contributed by atoms with E-state index in [0.717, 1.165) is 37.8 Å². The van der Waals surface area contributed by atoms with Gasteiger partial charge in [0.15, 0.2) is 0 Å². The van der Waals surface area contributed by atoms with Gasteiger partial charge in [0.1, 0.15) is 0 Å². The lowest BCUT2D eigenvalue weighted by molar-refractivity contribution is -0.0861. The molecule has 1 aliphatic heterocycles. The molecular weight excluding hydrogens is 317 g/mol. The number of rotatable bonds is 1. The summed E-state index contributed by atoms with van der Waals surface area (Å²) in [6, 6.07) is 5.88. The Morgan fingerprint density at radius 2 is 2.00 bits per heavy atom. The van der Waals surface area contributed by atoms with E-state index in [2.05, 4.69) is 5.32 Å². The van der Waals surface area contributed by atoms with Crippen LogP contribution in [0.3, 0.4) is 0 Å². The molecule has 2 aliphatic rings. The zero-order chi connectivity index (χ0) is 13.5. The molecule has 2 nitrogen and oxygen atoms in total. The van der Waals surface area contributed by atoms with E-state index in [4.69, 9.17) is 23.2 Å². The standard InChI is InChI=1S/C15H19Cl2NO.ClH/c16-12-6-3-4-10(13(12)17)14-11-5-1-2-7-15(11,19)8-9-18-14;/h3-4,6,11,14,18-19H,1-2,5,7-9H2;1H. The predicted molar refractivity (Wildman–Crippen MR) is 86.0 cm³/mol. The fourth-order valence-corrected chi connectivity index (χ4v) is 4.14. The molecule has 1 aromatic rings. The smallest absolute Gasteiger partial charge is 0.0706 e. The Bertz CT molecular complexity index is 478. The van der Waals surface area contributed by atoms with E-state index in [9.17, 15) is 5.11 Å². The first kappa shape index (κ1) is 16.4. The van der Waals surface area contributed by atoms with Crippen molar-refractivity contribution in [1.29, 1.82) is 0 Å². The maximum absolute atomic E-state index is 10.9. The summed E-state index contributed by atoms with van der Waals surface area (Å²) in [5, 5.41) is 15.6. The summed E-state index contributed by atoms with van der Waals surface area (Å²) in [6.45, 7) is 0.834. The van der Waals surface area contributed by atoms with E-state index in [1.54, 1.807) is 0 Å². The molecule has 3 atom stereocenters. The van der Waals surface area contributed by atoms with E-state index in [0.29, 0.717) is 10.0 Å². The molecule has 2 N–H and O–H groups in total. The minimum absolute atomic E-state index is 0. The summed E-state index contributed by atoms with van der Waals surface area (Å²) >= 11 is 12.5. The summed E-state index contributed by atoms with van der Waals surface area (Å²) < 4.78 is 0. The minimum atomic E-state index is -0.528. The molecule has 3 rings (SSSR count). The summed E-state index contributed by atoms with van der Waals surface area (Å²) in [5.41, 5.74) is 0.499. The third kappa shape index (κ3) is 2.82. The van der Waals surface area contributed by atoms with Crippen LogP contribution in [-0.4, -0.2) is 17.3 Å². The van der Waals surface area contributed by atoms with Crippen LogP contribution in [0, 0.1) is 5.92 Å². The molecule has 0 spiro atoms. The molecule has 1 saturated carbocycles. The van der Waals surface area contributed by atoms with Crippen LogP contribution in [0.2, 0.25) is 10.0 Å². The zero-order valence-electron chi connectivity index (χ0n) is 11.2. The Labute approximate surface area is 136 Å². The summed E-state index contributed by atoms with van der Waals surface area (Å²) in [7, 11) is 0. The lowest BCUT2D eigenvalue weighted by Crippen LogP contribution is -2.53. The number of fused-ring (bicyclic) bond motifs is 1. The van der Waals surface area contributed by atoms with Gasteiger partial charge in [0.05, 0.1) is 15.6 Å². The van der Waals surface area contributed by atoms with Gasteiger partial charge in [-0.3, -0.25) is 0 Å². The van der Waals surface area contributed by atoms with E-state index in [1.807, 2.05) is 18.2 Å². The van der Waals surface area contributed by atoms with Gasteiger partial charge < -0.3 is 10.4 Å². The fourth-order valence-electron chi connectivity index (χ4n) is 3.71. The lowest BCUT2D eigenvalue weighted by Gasteiger charge is -2.48. The molecule has 112 valence electrons. The maximum Gasteiger partial charge on any atom is 0.0706 e.